The number of rotatable bonds is 4. The number of alkyl halides is 3. The van der Waals surface area contributed by atoms with Gasteiger partial charge >= 0.3 is 12.3 Å². The van der Waals surface area contributed by atoms with Gasteiger partial charge in [-0.25, -0.2) is 14.8 Å². The summed E-state index contributed by atoms with van der Waals surface area (Å²) in [5.74, 6) is -0.402. The summed E-state index contributed by atoms with van der Waals surface area (Å²) in [5, 5.41) is 2.38. The fraction of sp³-hybridized carbons (Fsp3) is 0.531. The van der Waals surface area contributed by atoms with Crippen LogP contribution < -0.4 is 10.7 Å². The van der Waals surface area contributed by atoms with E-state index in [1.165, 1.54) is 0 Å². The van der Waals surface area contributed by atoms with Crippen LogP contribution in [0.1, 0.15) is 94.1 Å². The van der Waals surface area contributed by atoms with Crippen molar-refractivity contribution in [2.24, 2.45) is 0 Å². The van der Waals surface area contributed by atoms with E-state index in [0.29, 0.717) is 43.6 Å². The summed E-state index contributed by atoms with van der Waals surface area (Å²) >= 11 is 6.11. The highest BCUT2D eigenvalue weighted by atomic mass is 35.5. The Labute approximate surface area is 263 Å². The molecule has 0 unspecified atom stereocenters. The molecule has 0 radical (unpaired) electrons. The smallest absolute Gasteiger partial charge is 0.416 e. The van der Waals surface area contributed by atoms with Gasteiger partial charge < -0.3 is 19.5 Å². The van der Waals surface area contributed by atoms with E-state index in [1.807, 2.05) is 27.7 Å². The maximum Gasteiger partial charge on any atom is 0.416 e. The Balaban J connectivity index is 1.37. The van der Waals surface area contributed by atoms with Crippen LogP contribution in [0.3, 0.4) is 0 Å². The first-order valence-corrected chi connectivity index (χ1v) is 15.5. The standard InChI is InChI=1S/C32H35ClF3N5O4/c1-17-14-31(9-11-40(12-10-31)29(44)45-30(2,3)4)24-26(17)41(28-25(27(24)43)39-22(15-37-28)18-5-6-18)16-23(42)38-21-8-7-19(13-20(21)33)32(34,35)36/h7-8,13,15,17-18H,5-6,9-12,14,16H2,1-4H3,(H,38,42)/t17-/m0/s1. The van der Waals surface area contributed by atoms with Crippen molar-refractivity contribution < 1.29 is 27.5 Å². The lowest BCUT2D eigenvalue weighted by molar-refractivity contribution is -0.137. The largest absolute Gasteiger partial charge is 0.444 e. The quantitative estimate of drug-likeness (QED) is 0.336. The molecule has 1 aromatic carbocycles. The van der Waals surface area contributed by atoms with Gasteiger partial charge in [-0.05, 0) is 77.0 Å². The Kier molecular flexibility index (Phi) is 7.65. The maximum atomic E-state index is 14.3. The molecular weight excluding hydrogens is 611 g/mol. The summed E-state index contributed by atoms with van der Waals surface area (Å²) < 4.78 is 46.7. The third-order valence-electron chi connectivity index (χ3n) is 8.95. The van der Waals surface area contributed by atoms with Gasteiger partial charge in [0.15, 0.2) is 11.2 Å². The number of aromatic nitrogens is 3. The SMILES string of the molecule is C[C@H]1CC2(CCN(C(=O)OC(C)(C)C)CC2)c2c1n(CC(=O)Nc1ccc(C(F)(F)F)cc1Cl)c1ncc(C3CC3)nc1c2=O. The zero-order valence-corrected chi connectivity index (χ0v) is 26.3. The predicted molar refractivity (Wildman–Crippen MR) is 163 cm³/mol. The minimum Gasteiger partial charge on any atom is -0.444 e. The van der Waals surface area contributed by atoms with E-state index < -0.39 is 34.8 Å². The Bertz CT molecular complexity index is 1750. The summed E-state index contributed by atoms with van der Waals surface area (Å²) in [6.45, 7) is 8.04. The van der Waals surface area contributed by atoms with Crippen molar-refractivity contribution in [1.29, 1.82) is 0 Å². The predicted octanol–water partition coefficient (Wildman–Crippen LogP) is 6.76. The second kappa shape index (κ2) is 11.0. The molecular formula is C32H35ClF3N5O4. The van der Waals surface area contributed by atoms with Crippen LogP contribution in [-0.4, -0.2) is 50.1 Å². The van der Waals surface area contributed by atoms with Crippen LogP contribution in [0.15, 0.2) is 29.2 Å². The van der Waals surface area contributed by atoms with Crippen LogP contribution in [0.5, 0.6) is 0 Å². The number of nitrogens with one attached hydrogen (secondary N) is 1. The number of halogens is 4. The summed E-state index contributed by atoms with van der Waals surface area (Å²) in [5.41, 5.74) is 0.287. The van der Waals surface area contributed by atoms with E-state index in [9.17, 15) is 27.6 Å². The van der Waals surface area contributed by atoms with Crippen LogP contribution in [0.2, 0.25) is 5.02 Å². The van der Waals surface area contributed by atoms with E-state index in [4.69, 9.17) is 21.3 Å². The van der Waals surface area contributed by atoms with Gasteiger partial charge in [-0.1, -0.05) is 18.5 Å². The van der Waals surface area contributed by atoms with Gasteiger partial charge in [0.1, 0.15) is 12.1 Å². The normalized spacial score (nSPS) is 19.6. The van der Waals surface area contributed by atoms with E-state index in [1.54, 1.807) is 15.7 Å². The van der Waals surface area contributed by atoms with Crippen LogP contribution in [0.25, 0.3) is 11.2 Å². The number of pyridine rings is 1. The Morgan fingerprint density at radius 1 is 1.16 bits per heavy atom. The average molecular weight is 646 g/mol. The number of nitrogens with zero attached hydrogens (tertiary/aromatic N) is 4. The number of piperidine rings is 1. The molecule has 2 amide bonds. The van der Waals surface area contributed by atoms with Crippen LogP contribution in [0, 0.1) is 0 Å². The molecule has 2 aromatic heterocycles. The molecule has 3 aromatic rings. The topological polar surface area (TPSA) is 106 Å². The second-order valence-corrected chi connectivity index (χ2v) is 13.9. The number of hydrogen-bond donors (Lipinski definition) is 1. The van der Waals surface area contributed by atoms with Crippen molar-refractivity contribution >= 4 is 40.5 Å². The molecule has 1 spiro atoms. The van der Waals surface area contributed by atoms with Gasteiger partial charge in [0.05, 0.1) is 28.2 Å². The van der Waals surface area contributed by atoms with Crippen molar-refractivity contribution in [2.45, 2.75) is 95.4 Å². The molecule has 3 aliphatic rings. The number of likely N-dealkylation sites (tertiary alicyclic amines) is 1. The van der Waals surface area contributed by atoms with Crippen molar-refractivity contribution in [2.75, 3.05) is 18.4 Å². The second-order valence-electron chi connectivity index (χ2n) is 13.5. The molecule has 1 N–H and O–H groups in total. The molecule has 45 heavy (non-hydrogen) atoms. The van der Waals surface area contributed by atoms with Gasteiger partial charge in [0, 0.05) is 35.7 Å². The zero-order chi connectivity index (χ0) is 32.5. The first-order valence-electron chi connectivity index (χ1n) is 15.1. The van der Waals surface area contributed by atoms with Crippen molar-refractivity contribution in [3.8, 4) is 0 Å². The van der Waals surface area contributed by atoms with Gasteiger partial charge in [0.2, 0.25) is 11.3 Å². The fourth-order valence-corrected chi connectivity index (χ4v) is 7.03. The maximum absolute atomic E-state index is 14.3. The number of amides is 2. The Hall–Kier alpha value is -3.67. The van der Waals surface area contributed by atoms with Gasteiger partial charge in [-0.2, -0.15) is 13.2 Å². The summed E-state index contributed by atoms with van der Waals surface area (Å²) in [4.78, 5) is 51.6. The summed E-state index contributed by atoms with van der Waals surface area (Å²) in [7, 11) is 0. The Morgan fingerprint density at radius 3 is 2.44 bits per heavy atom. The fourth-order valence-electron chi connectivity index (χ4n) is 6.80. The lowest BCUT2D eigenvalue weighted by Gasteiger charge is -2.40. The third kappa shape index (κ3) is 6.01. The highest BCUT2D eigenvalue weighted by Crippen LogP contribution is 2.51. The lowest BCUT2D eigenvalue weighted by atomic mass is 9.73. The molecule has 0 bridgehead atoms. The van der Waals surface area contributed by atoms with Crippen molar-refractivity contribution in [1.82, 2.24) is 19.4 Å². The van der Waals surface area contributed by atoms with E-state index in [-0.39, 0.29) is 45.7 Å². The minimum absolute atomic E-state index is 0.0396. The minimum atomic E-state index is -4.57. The van der Waals surface area contributed by atoms with Gasteiger partial charge in [-0.15, -0.1) is 0 Å². The number of carbonyl (C=O) groups excluding carboxylic acids is 2. The number of carbonyl (C=O) groups is 2. The molecule has 1 saturated heterocycles. The van der Waals surface area contributed by atoms with Crippen LogP contribution in [0.4, 0.5) is 23.7 Å². The van der Waals surface area contributed by atoms with E-state index >= 15 is 0 Å². The van der Waals surface area contributed by atoms with Crippen LogP contribution >= 0.6 is 11.6 Å². The number of ether oxygens (including phenoxy) is 1. The Morgan fingerprint density at radius 2 is 1.84 bits per heavy atom. The first kappa shape index (κ1) is 31.3. The highest BCUT2D eigenvalue weighted by molar-refractivity contribution is 6.33. The average Bonchev–Trinajstić information content (AvgIpc) is 3.75. The summed E-state index contributed by atoms with van der Waals surface area (Å²) in [6, 6.07) is 2.74. The number of fused-ring (bicyclic) bond motifs is 3. The monoisotopic (exact) mass is 645 g/mol. The molecule has 3 heterocycles. The zero-order valence-electron chi connectivity index (χ0n) is 25.6. The van der Waals surface area contributed by atoms with Crippen molar-refractivity contribution in [3.05, 3.63) is 62.2 Å². The molecule has 13 heteroatoms. The van der Waals surface area contributed by atoms with E-state index in [2.05, 4.69) is 10.3 Å². The summed E-state index contributed by atoms with van der Waals surface area (Å²) in [6.07, 6.45) is 0.377. The molecule has 2 fully saturated rings. The number of hydrogen-bond acceptors (Lipinski definition) is 6. The molecule has 2 aliphatic carbocycles. The first-order chi connectivity index (χ1) is 21.1. The van der Waals surface area contributed by atoms with Crippen LogP contribution in [-0.2, 0) is 27.7 Å². The molecule has 1 atom stereocenters. The van der Waals surface area contributed by atoms with Crippen molar-refractivity contribution in [3.63, 3.8) is 0 Å². The molecule has 1 aliphatic heterocycles. The van der Waals surface area contributed by atoms with Gasteiger partial charge in [-0.3, -0.25) is 9.59 Å². The van der Waals surface area contributed by atoms with Gasteiger partial charge in [0.25, 0.3) is 0 Å². The third-order valence-corrected chi connectivity index (χ3v) is 9.26. The number of anilines is 1. The number of benzene rings is 1. The molecule has 240 valence electrons. The highest BCUT2D eigenvalue weighted by Gasteiger charge is 2.49. The molecule has 6 rings (SSSR count). The molecule has 9 nitrogen and oxygen atoms in total. The lowest BCUT2D eigenvalue weighted by Crippen LogP contribution is -2.47. The molecule has 1 saturated carbocycles. The van der Waals surface area contributed by atoms with E-state index in [0.717, 1.165) is 36.7 Å².